The molecule has 2 rings (SSSR count). The molecule has 1 aromatic heterocycles. The van der Waals surface area contributed by atoms with Gasteiger partial charge >= 0.3 is 0 Å². The van der Waals surface area contributed by atoms with E-state index in [0.717, 1.165) is 0 Å². The van der Waals surface area contributed by atoms with E-state index in [4.69, 9.17) is 33.7 Å². The molecule has 0 spiro atoms. The van der Waals surface area contributed by atoms with E-state index < -0.39 is 11.3 Å². The molecule has 0 atom stereocenters. The molecular formula is C13H17Cl2N3O3. The van der Waals surface area contributed by atoms with E-state index in [-0.39, 0.29) is 17.6 Å². The number of halogens is 2. The lowest BCUT2D eigenvalue weighted by atomic mass is 9.79. The number of carbonyl (C=O) groups excluding carboxylic acids is 2. The number of amides is 2. The predicted octanol–water partition coefficient (Wildman–Crippen LogP) is 1.34. The molecular weight excluding hydrogens is 317 g/mol. The van der Waals surface area contributed by atoms with Crippen LogP contribution in [-0.2, 0) is 16.6 Å². The van der Waals surface area contributed by atoms with Gasteiger partial charge in [-0.25, -0.2) is 0 Å². The van der Waals surface area contributed by atoms with Crippen molar-refractivity contribution in [3.63, 3.8) is 0 Å². The molecule has 21 heavy (non-hydrogen) atoms. The lowest BCUT2D eigenvalue weighted by Gasteiger charge is -2.34. The summed E-state index contributed by atoms with van der Waals surface area (Å²) in [5, 5.41) is 3.33. The molecule has 2 amide bonds. The van der Waals surface area contributed by atoms with Crippen LogP contribution in [0, 0.1) is 5.41 Å². The van der Waals surface area contributed by atoms with Crippen molar-refractivity contribution in [1.29, 1.82) is 0 Å². The Labute approximate surface area is 132 Å². The smallest absolute Gasteiger partial charge is 0.268 e. The molecule has 1 aliphatic rings. The van der Waals surface area contributed by atoms with Crippen LogP contribution in [0.1, 0.15) is 23.3 Å². The standard InChI is InChI=1S/C13H17Cl2N3O3/c1-18-9(6-8(14)10(18)15)11(19)17-7-13(12(16)20)2-4-21-5-3-13/h6H,2-5,7H2,1H3,(H2,16,20)(H,17,19). The zero-order valence-electron chi connectivity index (χ0n) is 11.6. The second kappa shape index (κ2) is 6.25. The van der Waals surface area contributed by atoms with Crippen molar-refractivity contribution in [3.05, 3.63) is 21.9 Å². The van der Waals surface area contributed by atoms with Gasteiger partial charge in [-0.3, -0.25) is 9.59 Å². The third-order valence-corrected chi connectivity index (χ3v) is 4.75. The summed E-state index contributed by atoms with van der Waals surface area (Å²) >= 11 is 11.8. The quantitative estimate of drug-likeness (QED) is 0.871. The van der Waals surface area contributed by atoms with Crippen LogP contribution in [0.25, 0.3) is 0 Å². The fourth-order valence-electron chi connectivity index (χ4n) is 2.37. The van der Waals surface area contributed by atoms with Crippen molar-refractivity contribution in [2.45, 2.75) is 12.8 Å². The van der Waals surface area contributed by atoms with Gasteiger partial charge in [0.2, 0.25) is 5.91 Å². The molecule has 1 aromatic rings. The summed E-state index contributed by atoms with van der Waals surface area (Å²) in [6.45, 7) is 1.09. The Bertz CT molecular complexity index is 565. The summed E-state index contributed by atoms with van der Waals surface area (Å²) in [6.07, 6.45) is 0.995. The largest absolute Gasteiger partial charge is 0.381 e. The molecule has 1 saturated heterocycles. The van der Waals surface area contributed by atoms with Gasteiger partial charge in [0.05, 0.1) is 10.4 Å². The summed E-state index contributed by atoms with van der Waals surface area (Å²) < 4.78 is 6.73. The molecule has 8 heteroatoms. The SMILES string of the molecule is Cn1c(C(=O)NCC2(C(N)=O)CCOCC2)cc(Cl)c1Cl. The maximum atomic E-state index is 12.2. The number of aromatic nitrogens is 1. The van der Waals surface area contributed by atoms with Gasteiger partial charge in [-0.15, -0.1) is 0 Å². The van der Waals surface area contributed by atoms with E-state index in [1.807, 2.05) is 0 Å². The van der Waals surface area contributed by atoms with E-state index in [9.17, 15) is 9.59 Å². The first kappa shape index (κ1) is 16.1. The van der Waals surface area contributed by atoms with Crippen molar-refractivity contribution in [2.24, 2.45) is 18.2 Å². The number of rotatable bonds is 4. The fourth-order valence-corrected chi connectivity index (χ4v) is 2.75. The summed E-state index contributed by atoms with van der Waals surface area (Å²) in [5.74, 6) is -0.771. The van der Waals surface area contributed by atoms with Crippen molar-refractivity contribution >= 4 is 35.0 Å². The highest BCUT2D eigenvalue weighted by atomic mass is 35.5. The second-order valence-corrected chi connectivity index (χ2v) is 5.93. The van der Waals surface area contributed by atoms with E-state index in [0.29, 0.717) is 36.8 Å². The van der Waals surface area contributed by atoms with Crippen LogP contribution in [0.4, 0.5) is 0 Å². The lowest BCUT2D eigenvalue weighted by Crippen LogP contribution is -2.49. The van der Waals surface area contributed by atoms with Crippen LogP contribution in [-0.4, -0.2) is 36.1 Å². The molecule has 2 heterocycles. The minimum atomic E-state index is -0.757. The van der Waals surface area contributed by atoms with Gasteiger partial charge in [0.1, 0.15) is 10.8 Å². The summed E-state index contributed by atoms with van der Waals surface area (Å²) in [4.78, 5) is 23.9. The van der Waals surface area contributed by atoms with Crippen molar-refractivity contribution in [2.75, 3.05) is 19.8 Å². The first-order valence-electron chi connectivity index (χ1n) is 6.54. The van der Waals surface area contributed by atoms with Gasteiger partial charge in [0.25, 0.3) is 5.91 Å². The Morgan fingerprint density at radius 3 is 2.52 bits per heavy atom. The van der Waals surface area contributed by atoms with E-state index >= 15 is 0 Å². The van der Waals surface area contributed by atoms with Gasteiger partial charge in [0, 0.05) is 26.8 Å². The van der Waals surface area contributed by atoms with Gasteiger partial charge in [0.15, 0.2) is 0 Å². The van der Waals surface area contributed by atoms with Crippen molar-refractivity contribution in [1.82, 2.24) is 9.88 Å². The van der Waals surface area contributed by atoms with Crippen LogP contribution >= 0.6 is 23.2 Å². The van der Waals surface area contributed by atoms with Gasteiger partial charge in [-0.05, 0) is 18.9 Å². The Balaban J connectivity index is 2.08. The Morgan fingerprint density at radius 2 is 2.05 bits per heavy atom. The number of ether oxygens (including phenoxy) is 1. The summed E-state index contributed by atoms with van der Waals surface area (Å²) in [5.41, 5.74) is 5.06. The number of carbonyl (C=O) groups is 2. The number of nitrogens with one attached hydrogen (secondary N) is 1. The molecule has 0 radical (unpaired) electrons. The molecule has 0 aliphatic carbocycles. The van der Waals surface area contributed by atoms with Crippen LogP contribution in [0.2, 0.25) is 10.2 Å². The molecule has 0 unspecified atom stereocenters. The maximum absolute atomic E-state index is 12.2. The molecule has 116 valence electrons. The lowest BCUT2D eigenvalue weighted by molar-refractivity contribution is -0.132. The minimum absolute atomic E-state index is 0.172. The molecule has 0 saturated carbocycles. The number of primary amides is 1. The van der Waals surface area contributed by atoms with Gasteiger partial charge < -0.3 is 20.4 Å². The van der Waals surface area contributed by atoms with Crippen LogP contribution in [0.3, 0.4) is 0 Å². The third-order valence-electron chi connectivity index (χ3n) is 3.91. The minimum Gasteiger partial charge on any atom is -0.381 e. The number of nitrogens with two attached hydrogens (primary N) is 1. The molecule has 1 fully saturated rings. The maximum Gasteiger partial charge on any atom is 0.268 e. The zero-order valence-corrected chi connectivity index (χ0v) is 13.1. The average molecular weight is 334 g/mol. The van der Waals surface area contributed by atoms with Crippen molar-refractivity contribution in [3.8, 4) is 0 Å². The fraction of sp³-hybridized carbons (Fsp3) is 0.538. The molecule has 3 N–H and O–H groups in total. The van der Waals surface area contributed by atoms with Crippen LogP contribution in [0.5, 0.6) is 0 Å². The van der Waals surface area contributed by atoms with Crippen molar-refractivity contribution < 1.29 is 14.3 Å². The number of hydrogen-bond donors (Lipinski definition) is 2. The Kier molecular flexibility index (Phi) is 4.81. The average Bonchev–Trinajstić information content (AvgIpc) is 2.73. The highest BCUT2D eigenvalue weighted by Crippen LogP contribution is 2.30. The summed E-state index contributed by atoms with van der Waals surface area (Å²) in [7, 11) is 1.64. The number of nitrogens with zero attached hydrogens (tertiary/aromatic N) is 1. The van der Waals surface area contributed by atoms with Gasteiger partial charge in [-0.1, -0.05) is 23.2 Å². The van der Waals surface area contributed by atoms with E-state index in [2.05, 4.69) is 5.32 Å². The monoisotopic (exact) mass is 333 g/mol. The van der Waals surface area contributed by atoms with Gasteiger partial charge in [-0.2, -0.15) is 0 Å². The Hall–Kier alpha value is -1.24. The topological polar surface area (TPSA) is 86.4 Å². The van der Waals surface area contributed by atoms with E-state index in [1.165, 1.54) is 10.6 Å². The second-order valence-electron chi connectivity index (χ2n) is 5.17. The molecule has 0 aromatic carbocycles. The highest BCUT2D eigenvalue weighted by Gasteiger charge is 2.38. The molecule has 6 nitrogen and oxygen atoms in total. The molecule has 0 bridgehead atoms. The van der Waals surface area contributed by atoms with E-state index in [1.54, 1.807) is 7.05 Å². The zero-order chi connectivity index (χ0) is 15.6. The first-order chi connectivity index (χ1) is 9.87. The number of hydrogen-bond acceptors (Lipinski definition) is 3. The first-order valence-corrected chi connectivity index (χ1v) is 7.29. The normalized spacial score (nSPS) is 17.5. The third kappa shape index (κ3) is 3.17. The highest BCUT2D eigenvalue weighted by molar-refractivity contribution is 6.41. The molecule has 1 aliphatic heterocycles. The van der Waals surface area contributed by atoms with Crippen LogP contribution < -0.4 is 11.1 Å². The van der Waals surface area contributed by atoms with Crippen LogP contribution in [0.15, 0.2) is 6.07 Å². The summed E-state index contributed by atoms with van der Waals surface area (Å²) in [6, 6.07) is 1.49. The predicted molar refractivity (Wildman–Crippen MR) is 79.4 cm³/mol. The Morgan fingerprint density at radius 1 is 1.43 bits per heavy atom.